The third-order valence-corrected chi connectivity index (χ3v) is 5.58. The molecule has 1 saturated heterocycles. The van der Waals surface area contributed by atoms with E-state index in [-0.39, 0.29) is 18.3 Å². The first kappa shape index (κ1) is 20.0. The molecule has 2 heterocycles. The van der Waals surface area contributed by atoms with Crippen molar-refractivity contribution in [1.29, 1.82) is 0 Å². The smallest absolute Gasteiger partial charge is 0.224 e. The predicted molar refractivity (Wildman–Crippen MR) is 103 cm³/mol. The molecule has 0 saturated carbocycles. The van der Waals surface area contributed by atoms with Crippen LogP contribution in [0.4, 0.5) is 5.69 Å². The molecule has 9 heteroatoms. The first-order valence-corrected chi connectivity index (χ1v) is 9.13. The number of anilines is 1. The molecule has 3 rings (SSSR count). The van der Waals surface area contributed by atoms with Crippen molar-refractivity contribution in [2.45, 2.75) is 29.3 Å². The summed E-state index contributed by atoms with van der Waals surface area (Å²) in [6.07, 6.45) is 4.27. The van der Waals surface area contributed by atoms with Gasteiger partial charge in [0.05, 0.1) is 5.02 Å². The van der Waals surface area contributed by atoms with Crippen LogP contribution in [0.2, 0.25) is 5.02 Å². The van der Waals surface area contributed by atoms with Gasteiger partial charge >= 0.3 is 0 Å². The Morgan fingerprint density at radius 3 is 3.00 bits per heavy atom. The third kappa shape index (κ3) is 5.60. The van der Waals surface area contributed by atoms with E-state index in [1.165, 1.54) is 11.8 Å². The van der Waals surface area contributed by atoms with E-state index in [9.17, 15) is 4.79 Å². The first-order chi connectivity index (χ1) is 11.6. The Hall–Kier alpha value is -1.28. The number of hydrogen-bond donors (Lipinski definition) is 2. The van der Waals surface area contributed by atoms with Crippen molar-refractivity contribution in [1.82, 2.24) is 20.1 Å². The molecule has 1 aliphatic heterocycles. The topological polar surface area (TPSA) is 71.8 Å². The van der Waals surface area contributed by atoms with E-state index in [1.807, 2.05) is 23.7 Å². The average Bonchev–Trinajstić information content (AvgIpc) is 3.20. The zero-order chi connectivity index (χ0) is 16.9. The van der Waals surface area contributed by atoms with Crippen LogP contribution in [0, 0.1) is 5.92 Å². The molecule has 1 atom stereocenters. The number of amides is 1. The van der Waals surface area contributed by atoms with Crippen LogP contribution in [-0.4, -0.2) is 33.8 Å². The minimum atomic E-state index is 0. The number of carbonyl (C=O) groups excluding carboxylic acids is 1. The van der Waals surface area contributed by atoms with E-state index in [2.05, 4.69) is 20.8 Å². The van der Waals surface area contributed by atoms with Crippen LogP contribution in [0.5, 0.6) is 0 Å². The number of benzene rings is 1. The maximum absolute atomic E-state index is 12.1. The molecule has 1 fully saturated rings. The Labute approximate surface area is 162 Å². The average molecular weight is 402 g/mol. The van der Waals surface area contributed by atoms with Crippen molar-refractivity contribution in [3.05, 3.63) is 29.5 Å². The molecule has 0 bridgehead atoms. The summed E-state index contributed by atoms with van der Waals surface area (Å²) >= 11 is 7.76. The summed E-state index contributed by atoms with van der Waals surface area (Å²) in [6.45, 7) is 2.08. The molecule has 1 amide bonds. The first-order valence-electron chi connectivity index (χ1n) is 7.94. The standard InChI is InChI=1S/C16H20ClN5OS.ClH/c1-22-10-19-21-16(22)24-14-4-3-12(8-13(14)17)20-15(23)5-2-11-6-7-18-9-11;/h3-4,8,10-11,18H,2,5-7,9H2,1H3,(H,20,23);1H. The van der Waals surface area contributed by atoms with E-state index in [0.29, 0.717) is 17.4 Å². The van der Waals surface area contributed by atoms with Gasteiger partial charge in [0.2, 0.25) is 5.91 Å². The van der Waals surface area contributed by atoms with Crippen LogP contribution in [0.3, 0.4) is 0 Å². The second-order valence-corrected chi connectivity index (χ2v) is 7.33. The predicted octanol–water partition coefficient (Wildman–Crippen LogP) is 3.37. The summed E-state index contributed by atoms with van der Waals surface area (Å²) in [5.74, 6) is 0.649. The van der Waals surface area contributed by atoms with Gasteiger partial charge < -0.3 is 15.2 Å². The highest BCUT2D eigenvalue weighted by Gasteiger charge is 2.16. The summed E-state index contributed by atoms with van der Waals surface area (Å²) in [7, 11) is 1.88. The third-order valence-electron chi connectivity index (χ3n) is 4.03. The number of hydrogen-bond acceptors (Lipinski definition) is 5. The van der Waals surface area contributed by atoms with Crippen LogP contribution >= 0.6 is 35.8 Å². The maximum Gasteiger partial charge on any atom is 0.224 e. The lowest BCUT2D eigenvalue weighted by Crippen LogP contribution is -2.15. The normalized spacial score (nSPS) is 16.5. The number of nitrogens with zero attached hydrogens (tertiary/aromatic N) is 3. The van der Waals surface area contributed by atoms with E-state index < -0.39 is 0 Å². The quantitative estimate of drug-likeness (QED) is 0.775. The highest BCUT2D eigenvalue weighted by Crippen LogP contribution is 2.33. The minimum Gasteiger partial charge on any atom is -0.326 e. The molecule has 25 heavy (non-hydrogen) atoms. The number of carbonyl (C=O) groups is 1. The Morgan fingerprint density at radius 1 is 1.52 bits per heavy atom. The molecule has 1 unspecified atom stereocenters. The molecular weight excluding hydrogens is 381 g/mol. The Bertz CT molecular complexity index is 718. The summed E-state index contributed by atoms with van der Waals surface area (Å²) < 4.78 is 1.83. The molecule has 0 spiro atoms. The second kappa shape index (κ2) is 9.43. The fourth-order valence-electron chi connectivity index (χ4n) is 2.64. The van der Waals surface area contributed by atoms with Gasteiger partial charge in [-0.15, -0.1) is 22.6 Å². The number of nitrogens with one attached hydrogen (secondary N) is 2. The monoisotopic (exact) mass is 401 g/mol. The second-order valence-electron chi connectivity index (χ2n) is 5.92. The summed E-state index contributed by atoms with van der Waals surface area (Å²) in [4.78, 5) is 12.9. The molecule has 0 radical (unpaired) electrons. The Balaban J connectivity index is 0.00000225. The van der Waals surface area contributed by atoms with Gasteiger partial charge in [0.15, 0.2) is 5.16 Å². The van der Waals surface area contributed by atoms with Crippen molar-refractivity contribution < 1.29 is 4.79 Å². The number of rotatable bonds is 6. The highest BCUT2D eigenvalue weighted by molar-refractivity contribution is 7.99. The SMILES string of the molecule is Cl.Cn1cnnc1Sc1ccc(NC(=O)CCC2CCNC2)cc1Cl. The zero-order valence-corrected chi connectivity index (χ0v) is 16.3. The van der Waals surface area contributed by atoms with Crippen molar-refractivity contribution in [2.75, 3.05) is 18.4 Å². The molecule has 6 nitrogen and oxygen atoms in total. The van der Waals surface area contributed by atoms with Gasteiger partial charge in [0.1, 0.15) is 6.33 Å². The molecule has 1 aliphatic rings. The van der Waals surface area contributed by atoms with Crippen LogP contribution < -0.4 is 10.6 Å². The lowest BCUT2D eigenvalue weighted by atomic mass is 10.0. The number of aryl methyl sites for hydroxylation is 1. The summed E-state index contributed by atoms with van der Waals surface area (Å²) in [6, 6.07) is 5.52. The Morgan fingerprint density at radius 2 is 2.36 bits per heavy atom. The lowest BCUT2D eigenvalue weighted by Gasteiger charge is -2.10. The molecule has 136 valence electrons. The number of aromatic nitrogens is 3. The van der Waals surface area contributed by atoms with Crippen molar-refractivity contribution >= 4 is 47.4 Å². The van der Waals surface area contributed by atoms with Gasteiger partial charge in [-0.25, -0.2) is 0 Å². The molecule has 2 aromatic rings. The molecule has 1 aromatic heterocycles. The van der Waals surface area contributed by atoms with E-state index in [0.717, 1.165) is 41.7 Å². The van der Waals surface area contributed by atoms with Crippen LogP contribution in [0.15, 0.2) is 34.6 Å². The van der Waals surface area contributed by atoms with E-state index in [1.54, 1.807) is 12.4 Å². The van der Waals surface area contributed by atoms with Gasteiger partial charge in [-0.05, 0) is 61.8 Å². The lowest BCUT2D eigenvalue weighted by molar-refractivity contribution is -0.116. The van der Waals surface area contributed by atoms with Crippen molar-refractivity contribution in [2.24, 2.45) is 13.0 Å². The number of halogens is 2. The zero-order valence-electron chi connectivity index (χ0n) is 13.9. The van der Waals surface area contributed by atoms with Crippen LogP contribution in [0.25, 0.3) is 0 Å². The van der Waals surface area contributed by atoms with Gasteiger partial charge in [0.25, 0.3) is 0 Å². The minimum absolute atomic E-state index is 0. The largest absolute Gasteiger partial charge is 0.326 e. The molecule has 1 aromatic carbocycles. The summed E-state index contributed by atoms with van der Waals surface area (Å²) in [5.41, 5.74) is 0.719. The fraction of sp³-hybridized carbons (Fsp3) is 0.438. The van der Waals surface area contributed by atoms with E-state index >= 15 is 0 Å². The molecular formula is C16H21Cl2N5OS. The van der Waals surface area contributed by atoms with Gasteiger partial charge in [-0.2, -0.15) is 0 Å². The van der Waals surface area contributed by atoms with Crippen LogP contribution in [-0.2, 0) is 11.8 Å². The maximum atomic E-state index is 12.1. The summed E-state index contributed by atoms with van der Waals surface area (Å²) in [5, 5.41) is 15.5. The van der Waals surface area contributed by atoms with Crippen LogP contribution in [0.1, 0.15) is 19.3 Å². The fourth-order valence-corrected chi connectivity index (χ4v) is 3.71. The van der Waals surface area contributed by atoms with Gasteiger partial charge in [0, 0.05) is 24.1 Å². The van der Waals surface area contributed by atoms with Crippen molar-refractivity contribution in [3.63, 3.8) is 0 Å². The highest BCUT2D eigenvalue weighted by atomic mass is 35.5. The molecule has 2 N–H and O–H groups in total. The van der Waals surface area contributed by atoms with Crippen molar-refractivity contribution in [3.8, 4) is 0 Å². The Kier molecular flexibility index (Phi) is 7.56. The van der Waals surface area contributed by atoms with Gasteiger partial charge in [-0.1, -0.05) is 11.6 Å². The van der Waals surface area contributed by atoms with Gasteiger partial charge in [-0.3, -0.25) is 4.79 Å². The van der Waals surface area contributed by atoms with E-state index in [4.69, 9.17) is 11.6 Å². The molecule has 0 aliphatic carbocycles.